The number of amides is 3. The highest BCUT2D eigenvalue weighted by atomic mass is 16.5. The molecule has 0 aliphatic carbocycles. The molecule has 42 heavy (non-hydrogen) atoms. The number of likely N-dealkylation sites (tertiary alicyclic amines) is 1. The zero-order valence-corrected chi connectivity index (χ0v) is 26.8. The number of nitrogens with one attached hydrogen (secondary N) is 2. The summed E-state index contributed by atoms with van der Waals surface area (Å²) >= 11 is 0. The van der Waals surface area contributed by atoms with Crippen LogP contribution in [0.15, 0.2) is 54.6 Å². The molecule has 2 aromatic rings. The Morgan fingerprint density at radius 3 is 2.19 bits per heavy atom. The summed E-state index contributed by atoms with van der Waals surface area (Å²) in [5.41, 5.74) is 1.71. The van der Waals surface area contributed by atoms with Gasteiger partial charge in [-0.1, -0.05) is 77.3 Å². The van der Waals surface area contributed by atoms with E-state index in [1.54, 1.807) is 0 Å². The molecule has 2 N–H and O–H groups in total. The molecule has 0 radical (unpaired) electrons. The minimum atomic E-state index is -0.574. The highest BCUT2D eigenvalue weighted by molar-refractivity contribution is 5.87. The van der Waals surface area contributed by atoms with E-state index in [-0.39, 0.29) is 17.9 Å². The van der Waals surface area contributed by atoms with Crippen LogP contribution in [0.4, 0.5) is 10.5 Å². The molecule has 1 fully saturated rings. The normalized spacial score (nSPS) is 15.5. The van der Waals surface area contributed by atoms with E-state index in [1.807, 2.05) is 42.2 Å². The maximum Gasteiger partial charge on any atom is 0.318 e. The second-order valence-corrected chi connectivity index (χ2v) is 13.0. The van der Waals surface area contributed by atoms with E-state index >= 15 is 0 Å². The van der Waals surface area contributed by atoms with Crippen LogP contribution in [-0.2, 0) is 11.4 Å². The van der Waals surface area contributed by atoms with Crippen LogP contribution in [-0.4, -0.2) is 54.6 Å². The third-order valence-electron chi connectivity index (χ3n) is 8.14. The Balaban J connectivity index is 1.67. The van der Waals surface area contributed by atoms with Gasteiger partial charge in [0.25, 0.3) is 0 Å². The average Bonchev–Trinajstić information content (AvgIpc) is 3.27. The van der Waals surface area contributed by atoms with Crippen LogP contribution in [0, 0.1) is 11.8 Å². The molecule has 7 heteroatoms. The molecule has 232 valence electrons. The Kier molecular flexibility index (Phi) is 13.0. The zero-order valence-electron chi connectivity index (χ0n) is 26.8. The minimum absolute atomic E-state index is 0.0252. The van der Waals surface area contributed by atoms with Gasteiger partial charge in [-0.3, -0.25) is 4.79 Å². The Bertz CT molecular complexity index is 1080. The van der Waals surface area contributed by atoms with Gasteiger partial charge in [-0.25, -0.2) is 4.79 Å². The van der Waals surface area contributed by atoms with Crippen molar-refractivity contribution in [1.82, 2.24) is 15.5 Å². The smallest absolute Gasteiger partial charge is 0.318 e. The lowest BCUT2D eigenvalue weighted by Gasteiger charge is -2.37. The van der Waals surface area contributed by atoms with E-state index in [0.717, 1.165) is 75.2 Å². The number of ether oxygens (including phenoxy) is 1. The van der Waals surface area contributed by atoms with E-state index in [9.17, 15) is 9.59 Å². The number of benzene rings is 2. The molecule has 1 aliphatic heterocycles. The average molecular weight is 579 g/mol. The number of hydrogen-bond donors (Lipinski definition) is 2. The first-order valence-corrected chi connectivity index (χ1v) is 16.0. The fourth-order valence-corrected chi connectivity index (χ4v) is 5.34. The standard InChI is InChI=1S/C35H54N4O3/c1-7-28(4)32(36-34(41)38-22-13-8-9-14-23-38)33(40)37-35(5,6)26-39(24-21-27(2)3)30-17-19-31(20-18-30)42-25-29-15-11-10-12-16-29/h10-12,15-20,27-28,32H,7-9,13-14,21-26H2,1-6H3,(H,36,41)(H,37,40). The van der Waals surface area contributed by atoms with E-state index in [0.29, 0.717) is 19.1 Å². The van der Waals surface area contributed by atoms with Gasteiger partial charge in [0.15, 0.2) is 0 Å². The van der Waals surface area contributed by atoms with Gasteiger partial charge in [-0.2, -0.15) is 0 Å². The fraction of sp³-hybridized carbons (Fsp3) is 0.600. The molecule has 0 aromatic heterocycles. The molecule has 0 spiro atoms. The molecule has 2 atom stereocenters. The summed E-state index contributed by atoms with van der Waals surface area (Å²) in [5.74, 6) is 1.29. The molecule has 3 amide bonds. The summed E-state index contributed by atoms with van der Waals surface area (Å²) in [5, 5.41) is 6.38. The van der Waals surface area contributed by atoms with Gasteiger partial charge < -0.3 is 25.2 Å². The van der Waals surface area contributed by atoms with Crippen molar-refractivity contribution in [3.63, 3.8) is 0 Å². The topological polar surface area (TPSA) is 73.9 Å². The molecule has 0 bridgehead atoms. The van der Waals surface area contributed by atoms with Crippen LogP contribution in [0.1, 0.15) is 85.6 Å². The van der Waals surface area contributed by atoms with Gasteiger partial charge in [0.1, 0.15) is 18.4 Å². The van der Waals surface area contributed by atoms with Gasteiger partial charge in [0, 0.05) is 31.9 Å². The minimum Gasteiger partial charge on any atom is -0.489 e. The Labute approximate surface area is 254 Å². The molecule has 0 saturated carbocycles. The quantitative estimate of drug-likeness (QED) is 0.253. The van der Waals surface area contributed by atoms with Crippen molar-refractivity contribution < 1.29 is 14.3 Å². The van der Waals surface area contributed by atoms with Crippen molar-refractivity contribution in [3.8, 4) is 5.75 Å². The SMILES string of the molecule is CCC(C)C(NC(=O)N1CCCCCC1)C(=O)NC(C)(C)CN(CCC(C)C)c1ccc(OCc2ccccc2)cc1. The van der Waals surface area contributed by atoms with Crippen LogP contribution in [0.25, 0.3) is 0 Å². The lowest BCUT2D eigenvalue weighted by atomic mass is 9.96. The van der Waals surface area contributed by atoms with E-state index in [4.69, 9.17) is 4.74 Å². The van der Waals surface area contributed by atoms with Crippen molar-refractivity contribution in [2.45, 2.75) is 98.3 Å². The summed E-state index contributed by atoms with van der Waals surface area (Å²) < 4.78 is 6.01. The molecule has 2 unspecified atom stereocenters. The summed E-state index contributed by atoms with van der Waals surface area (Å²) in [4.78, 5) is 31.0. The molecule has 7 nitrogen and oxygen atoms in total. The number of anilines is 1. The molecular weight excluding hydrogens is 524 g/mol. The summed E-state index contributed by atoms with van der Waals surface area (Å²) in [7, 11) is 0. The molecule has 1 heterocycles. The first-order chi connectivity index (χ1) is 20.1. The Morgan fingerprint density at radius 1 is 0.952 bits per heavy atom. The summed E-state index contributed by atoms with van der Waals surface area (Å²) in [6, 6.07) is 17.7. The number of carbonyl (C=O) groups excluding carboxylic acids is 2. The van der Waals surface area contributed by atoms with E-state index in [1.165, 1.54) is 0 Å². The van der Waals surface area contributed by atoms with Gasteiger partial charge in [0.05, 0.1) is 5.54 Å². The molecule has 1 saturated heterocycles. The number of rotatable bonds is 14. The van der Waals surface area contributed by atoms with Crippen LogP contribution >= 0.6 is 0 Å². The third-order valence-corrected chi connectivity index (χ3v) is 8.14. The fourth-order valence-electron chi connectivity index (χ4n) is 5.34. The summed E-state index contributed by atoms with van der Waals surface area (Å²) in [6.07, 6.45) is 6.20. The van der Waals surface area contributed by atoms with Gasteiger partial charge in [-0.05, 0) is 74.8 Å². The van der Waals surface area contributed by atoms with Crippen molar-refractivity contribution in [2.75, 3.05) is 31.1 Å². The second-order valence-electron chi connectivity index (χ2n) is 13.0. The number of urea groups is 1. The third kappa shape index (κ3) is 10.9. The molecule has 3 rings (SSSR count). The highest BCUT2D eigenvalue weighted by Gasteiger charge is 2.32. The number of hydrogen-bond acceptors (Lipinski definition) is 4. The lowest BCUT2D eigenvalue weighted by molar-refractivity contribution is -0.125. The van der Waals surface area contributed by atoms with Gasteiger partial charge in [0.2, 0.25) is 5.91 Å². The second kappa shape index (κ2) is 16.4. The number of nitrogens with zero attached hydrogens (tertiary/aromatic N) is 2. The maximum atomic E-state index is 13.7. The molecule has 2 aromatic carbocycles. The highest BCUT2D eigenvalue weighted by Crippen LogP contribution is 2.24. The zero-order chi connectivity index (χ0) is 30.5. The van der Waals surface area contributed by atoms with Gasteiger partial charge in [-0.15, -0.1) is 0 Å². The predicted molar refractivity (Wildman–Crippen MR) is 173 cm³/mol. The van der Waals surface area contributed by atoms with E-state index in [2.05, 4.69) is 74.4 Å². The van der Waals surface area contributed by atoms with Crippen molar-refractivity contribution in [3.05, 3.63) is 60.2 Å². The number of carbonyl (C=O) groups is 2. The summed E-state index contributed by atoms with van der Waals surface area (Å²) in [6.45, 7) is 16.3. The van der Waals surface area contributed by atoms with Crippen molar-refractivity contribution >= 4 is 17.6 Å². The van der Waals surface area contributed by atoms with Crippen molar-refractivity contribution in [1.29, 1.82) is 0 Å². The van der Waals surface area contributed by atoms with Gasteiger partial charge >= 0.3 is 6.03 Å². The predicted octanol–water partition coefficient (Wildman–Crippen LogP) is 7.01. The van der Waals surface area contributed by atoms with Crippen LogP contribution in [0.3, 0.4) is 0 Å². The van der Waals surface area contributed by atoms with Crippen LogP contribution in [0.2, 0.25) is 0 Å². The maximum absolute atomic E-state index is 13.7. The molecular formula is C35H54N4O3. The Hall–Kier alpha value is -3.22. The van der Waals surface area contributed by atoms with E-state index < -0.39 is 11.6 Å². The van der Waals surface area contributed by atoms with Crippen LogP contribution in [0.5, 0.6) is 5.75 Å². The monoisotopic (exact) mass is 578 g/mol. The molecule has 1 aliphatic rings. The largest absolute Gasteiger partial charge is 0.489 e. The van der Waals surface area contributed by atoms with Crippen molar-refractivity contribution in [2.24, 2.45) is 11.8 Å². The Morgan fingerprint density at radius 2 is 1.60 bits per heavy atom. The first kappa shape index (κ1) is 33.3. The lowest BCUT2D eigenvalue weighted by Crippen LogP contribution is -2.60. The first-order valence-electron chi connectivity index (χ1n) is 16.0. The van der Waals surface area contributed by atoms with Crippen LogP contribution < -0.4 is 20.3 Å².